The van der Waals surface area contributed by atoms with Gasteiger partial charge in [0.15, 0.2) is 0 Å². The maximum absolute atomic E-state index is 11.7. The lowest BCUT2D eigenvalue weighted by Crippen LogP contribution is -1.97. The summed E-state index contributed by atoms with van der Waals surface area (Å²) in [5.74, 6) is 0. The lowest BCUT2D eigenvalue weighted by atomic mass is 9.99. The Balaban J connectivity index is 2.43. The van der Waals surface area contributed by atoms with Gasteiger partial charge in [-0.15, -0.1) is 0 Å². The van der Waals surface area contributed by atoms with Crippen LogP contribution in [-0.2, 0) is 0 Å². The van der Waals surface area contributed by atoms with Gasteiger partial charge in [-0.05, 0) is 23.3 Å². The number of benzene rings is 2. The SMILES string of the molecule is Cc1[nH]oc(=O)c1-c1cccc2ccccc12. The van der Waals surface area contributed by atoms with Gasteiger partial charge in [0.05, 0.1) is 11.3 Å². The molecule has 3 aromatic rings. The predicted octanol–water partition coefficient (Wildman–Crippen LogP) is 3.10. The van der Waals surface area contributed by atoms with Crippen LogP contribution in [0.25, 0.3) is 21.9 Å². The summed E-state index contributed by atoms with van der Waals surface area (Å²) in [7, 11) is 0. The summed E-state index contributed by atoms with van der Waals surface area (Å²) in [6.45, 7) is 1.84. The molecule has 0 amide bonds. The molecule has 3 nitrogen and oxygen atoms in total. The van der Waals surface area contributed by atoms with Crippen LogP contribution in [0.15, 0.2) is 51.8 Å². The molecule has 0 bridgehead atoms. The minimum atomic E-state index is -0.321. The second-order valence-corrected chi connectivity index (χ2v) is 4.02. The molecular weight excluding hydrogens is 214 g/mol. The zero-order valence-electron chi connectivity index (χ0n) is 9.36. The van der Waals surface area contributed by atoms with Crippen molar-refractivity contribution in [3.05, 3.63) is 58.6 Å². The van der Waals surface area contributed by atoms with Crippen LogP contribution in [0.2, 0.25) is 0 Å². The third-order valence-corrected chi connectivity index (χ3v) is 2.93. The highest BCUT2D eigenvalue weighted by atomic mass is 16.5. The average molecular weight is 225 g/mol. The molecule has 0 spiro atoms. The third-order valence-electron chi connectivity index (χ3n) is 2.93. The van der Waals surface area contributed by atoms with Gasteiger partial charge in [-0.3, -0.25) is 0 Å². The monoisotopic (exact) mass is 225 g/mol. The number of hydrogen-bond acceptors (Lipinski definition) is 2. The molecule has 0 saturated carbocycles. The van der Waals surface area contributed by atoms with Gasteiger partial charge in [0.2, 0.25) is 0 Å². The molecule has 3 rings (SSSR count). The Morgan fingerprint density at radius 3 is 2.59 bits per heavy atom. The molecule has 3 heteroatoms. The van der Waals surface area contributed by atoms with Crippen molar-refractivity contribution in [3.8, 4) is 11.1 Å². The van der Waals surface area contributed by atoms with Crippen molar-refractivity contribution < 1.29 is 4.52 Å². The van der Waals surface area contributed by atoms with Crippen molar-refractivity contribution in [1.29, 1.82) is 0 Å². The topological polar surface area (TPSA) is 46.0 Å². The molecule has 1 aromatic heterocycles. The highest BCUT2D eigenvalue weighted by molar-refractivity contribution is 5.96. The third kappa shape index (κ3) is 1.47. The minimum absolute atomic E-state index is 0.321. The summed E-state index contributed by atoms with van der Waals surface area (Å²) in [6.07, 6.45) is 0. The van der Waals surface area contributed by atoms with Crippen molar-refractivity contribution in [2.75, 3.05) is 0 Å². The maximum Gasteiger partial charge on any atom is 0.365 e. The van der Waals surface area contributed by atoms with Crippen LogP contribution < -0.4 is 5.63 Å². The molecule has 17 heavy (non-hydrogen) atoms. The van der Waals surface area contributed by atoms with Crippen LogP contribution >= 0.6 is 0 Å². The number of rotatable bonds is 1. The molecular formula is C14H11NO2. The fourth-order valence-corrected chi connectivity index (χ4v) is 2.13. The van der Waals surface area contributed by atoms with E-state index in [9.17, 15) is 4.79 Å². The van der Waals surface area contributed by atoms with E-state index < -0.39 is 0 Å². The molecule has 0 aliphatic carbocycles. The molecule has 0 fully saturated rings. The van der Waals surface area contributed by atoms with Gasteiger partial charge >= 0.3 is 5.63 Å². The Morgan fingerprint density at radius 2 is 1.82 bits per heavy atom. The summed E-state index contributed by atoms with van der Waals surface area (Å²) >= 11 is 0. The smallest absolute Gasteiger partial charge is 0.338 e. The Kier molecular flexibility index (Phi) is 2.11. The first-order chi connectivity index (χ1) is 8.27. The second kappa shape index (κ2) is 3.63. The van der Waals surface area contributed by atoms with Crippen molar-refractivity contribution in [2.24, 2.45) is 0 Å². The Hall–Kier alpha value is -2.29. The number of aromatic amines is 1. The van der Waals surface area contributed by atoms with Gasteiger partial charge in [0, 0.05) is 0 Å². The number of aryl methyl sites for hydroxylation is 1. The van der Waals surface area contributed by atoms with E-state index in [0.717, 1.165) is 22.0 Å². The highest BCUT2D eigenvalue weighted by Crippen LogP contribution is 2.27. The average Bonchev–Trinajstić information content (AvgIpc) is 2.69. The van der Waals surface area contributed by atoms with Gasteiger partial charge < -0.3 is 4.52 Å². The normalized spacial score (nSPS) is 10.9. The van der Waals surface area contributed by atoms with Crippen LogP contribution in [-0.4, -0.2) is 5.16 Å². The number of H-pyrrole nitrogens is 1. The fourth-order valence-electron chi connectivity index (χ4n) is 2.13. The van der Waals surface area contributed by atoms with Crippen LogP contribution in [0.4, 0.5) is 0 Å². The summed E-state index contributed by atoms with van der Waals surface area (Å²) in [5.41, 5.74) is 1.96. The zero-order valence-corrected chi connectivity index (χ0v) is 9.36. The van der Waals surface area contributed by atoms with Crippen molar-refractivity contribution in [2.45, 2.75) is 6.92 Å². The van der Waals surface area contributed by atoms with Crippen LogP contribution in [0, 0.1) is 6.92 Å². The van der Waals surface area contributed by atoms with E-state index in [-0.39, 0.29) is 5.63 Å². The van der Waals surface area contributed by atoms with E-state index in [1.807, 2.05) is 49.4 Å². The summed E-state index contributed by atoms with van der Waals surface area (Å²) < 4.78 is 4.82. The van der Waals surface area contributed by atoms with Crippen LogP contribution in [0.3, 0.4) is 0 Å². The molecule has 0 radical (unpaired) electrons. The van der Waals surface area contributed by atoms with E-state index in [1.54, 1.807) is 0 Å². The Bertz CT molecular complexity index is 732. The number of nitrogens with one attached hydrogen (secondary N) is 1. The molecule has 2 aromatic carbocycles. The Morgan fingerprint density at radius 1 is 1.06 bits per heavy atom. The van der Waals surface area contributed by atoms with Crippen molar-refractivity contribution >= 4 is 10.8 Å². The number of aromatic nitrogens is 1. The summed E-state index contributed by atoms with van der Waals surface area (Å²) in [6, 6.07) is 13.9. The standard InChI is InChI=1S/C14H11NO2/c1-9-13(14(16)17-15-9)12-8-4-6-10-5-2-3-7-11(10)12/h2-8,15H,1H3. The lowest BCUT2D eigenvalue weighted by Gasteiger charge is -2.03. The largest absolute Gasteiger partial charge is 0.365 e. The van der Waals surface area contributed by atoms with E-state index in [0.29, 0.717) is 5.56 Å². The number of fused-ring (bicyclic) bond motifs is 1. The van der Waals surface area contributed by atoms with E-state index >= 15 is 0 Å². The van der Waals surface area contributed by atoms with Crippen molar-refractivity contribution in [1.82, 2.24) is 5.16 Å². The van der Waals surface area contributed by atoms with E-state index in [4.69, 9.17) is 4.52 Å². The van der Waals surface area contributed by atoms with Crippen LogP contribution in [0.5, 0.6) is 0 Å². The summed E-state index contributed by atoms with van der Waals surface area (Å²) in [4.78, 5) is 11.7. The predicted molar refractivity (Wildman–Crippen MR) is 67.0 cm³/mol. The minimum Gasteiger partial charge on any atom is -0.338 e. The van der Waals surface area contributed by atoms with Gasteiger partial charge in [0.1, 0.15) is 0 Å². The molecule has 1 heterocycles. The Labute approximate surface area is 97.7 Å². The summed E-state index contributed by atoms with van der Waals surface area (Å²) in [5, 5.41) is 4.79. The van der Waals surface area contributed by atoms with E-state index in [1.165, 1.54) is 0 Å². The molecule has 0 atom stereocenters. The molecule has 1 N–H and O–H groups in total. The van der Waals surface area contributed by atoms with Gasteiger partial charge in [-0.2, -0.15) is 0 Å². The van der Waals surface area contributed by atoms with Gasteiger partial charge in [0.25, 0.3) is 0 Å². The molecule has 84 valence electrons. The number of hydrogen-bond donors (Lipinski definition) is 1. The van der Waals surface area contributed by atoms with Gasteiger partial charge in [-0.25, -0.2) is 9.95 Å². The fraction of sp³-hybridized carbons (Fsp3) is 0.0714. The molecule has 0 aliphatic heterocycles. The lowest BCUT2D eigenvalue weighted by molar-refractivity contribution is 0.388. The first-order valence-corrected chi connectivity index (χ1v) is 5.43. The molecule has 0 aliphatic rings. The maximum atomic E-state index is 11.7. The first-order valence-electron chi connectivity index (χ1n) is 5.43. The van der Waals surface area contributed by atoms with Crippen molar-refractivity contribution in [3.63, 3.8) is 0 Å². The first kappa shape index (κ1) is 9.90. The molecule has 0 unspecified atom stereocenters. The van der Waals surface area contributed by atoms with Gasteiger partial charge in [-0.1, -0.05) is 42.5 Å². The second-order valence-electron chi connectivity index (χ2n) is 4.02. The highest BCUT2D eigenvalue weighted by Gasteiger charge is 2.13. The van der Waals surface area contributed by atoms with Crippen LogP contribution in [0.1, 0.15) is 5.69 Å². The zero-order chi connectivity index (χ0) is 11.8. The quantitative estimate of drug-likeness (QED) is 0.691. The molecule has 0 saturated heterocycles. The van der Waals surface area contributed by atoms with E-state index in [2.05, 4.69) is 5.16 Å².